The minimum Gasteiger partial charge on any atom is -0.376 e. The SMILES string of the molecule is c1nc2c(c(NCCOC3CCCCC3)n1)CCCC2. The van der Waals surface area contributed by atoms with Crippen LogP contribution in [0.4, 0.5) is 5.82 Å². The van der Waals surface area contributed by atoms with Crippen molar-refractivity contribution in [1.82, 2.24) is 9.97 Å². The summed E-state index contributed by atoms with van der Waals surface area (Å²) in [4.78, 5) is 8.80. The molecule has 0 spiro atoms. The Balaban J connectivity index is 1.46. The molecular weight excluding hydrogens is 250 g/mol. The van der Waals surface area contributed by atoms with Crippen LogP contribution in [0.5, 0.6) is 0 Å². The Morgan fingerprint density at radius 2 is 1.90 bits per heavy atom. The first-order valence-electron chi connectivity index (χ1n) is 8.12. The zero-order valence-corrected chi connectivity index (χ0v) is 12.2. The number of hydrogen-bond acceptors (Lipinski definition) is 4. The zero-order chi connectivity index (χ0) is 13.6. The van der Waals surface area contributed by atoms with Crippen molar-refractivity contribution in [2.24, 2.45) is 0 Å². The molecule has 0 bridgehead atoms. The molecule has 2 aliphatic carbocycles. The second-order valence-corrected chi connectivity index (χ2v) is 5.91. The van der Waals surface area contributed by atoms with E-state index in [2.05, 4.69) is 15.3 Å². The van der Waals surface area contributed by atoms with Gasteiger partial charge in [-0.3, -0.25) is 0 Å². The van der Waals surface area contributed by atoms with Gasteiger partial charge in [0.1, 0.15) is 12.1 Å². The molecule has 4 nitrogen and oxygen atoms in total. The maximum absolute atomic E-state index is 5.94. The highest BCUT2D eigenvalue weighted by Gasteiger charge is 2.16. The summed E-state index contributed by atoms with van der Waals surface area (Å²) in [7, 11) is 0. The van der Waals surface area contributed by atoms with Crippen molar-refractivity contribution in [3.05, 3.63) is 17.6 Å². The number of fused-ring (bicyclic) bond motifs is 1. The van der Waals surface area contributed by atoms with Crippen molar-refractivity contribution >= 4 is 5.82 Å². The molecule has 1 aromatic heterocycles. The molecule has 3 rings (SSSR count). The lowest BCUT2D eigenvalue weighted by Crippen LogP contribution is -2.21. The van der Waals surface area contributed by atoms with Gasteiger partial charge >= 0.3 is 0 Å². The van der Waals surface area contributed by atoms with Gasteiger partial charge in [0.2, 0.25) is 0 Å². The van der Waals surface area contributed by atoms with Crippen molar-refractivity contribution in [1.29, 1.82) is 0 Å². The van der Waals surface area contributed by atoms with Gasteiger partial charge in [0.15, 0.2) is 0 Å². The lowest BCUT2D eigenvalue weighted by molar-refractivity contribution is 0.0347. The van der Waals surface area contributed by atoms with E-state index in [9.17, 15) is 0 Å². The first-order chi connectivity index (χ1) is 9.93. The summed E-state index contributed by atoms with van der Waals surface area (Å²) in [5.74, 6) is 1.03. The topological polar surface area (TPSA) is 47.0 Å². The van der Waals surface area contributed by atoms with Crippen molar-refractivity contribution in [3.63, 3.8) is 0 Å². The fourth-order valence-corrected chi connectivity index (χ4v) is 3.30. The van der Waals surface area contributed by atoms with E-state index in [0.717, 1.165) is 31.8 Å². The smallest absolute Gasteiger partial charge is 0.132 e. The molecule has 1 saturated carbocycles. The predicted molar refractivity (Wildman–Crippen MR) is 80.0 cm³/mol. The lowest BCUT2D eigenvalue weighted by atomic mass is 9.96. The quantitative estimate of drug-likeness (QED) is 0.839. The van der Waals surface area contributed by atoms with E-state index >= 15 is 0 Å². The van der Waals surface area contributed by atoms with Gasteiger partial charge in [-0.2, -0.15) is 0 Å². The third-order valence-electron chi connectivity index (χ3n) is 4.43. The highest BCUT2D eigenvalue weighted by molar-refractivity contribution is 5.46. The Kier molecular flexibility index (Phi) is 4.85. The molecule has 1 aromatic rings. The van der Waals surface area contributed by atoms with Gasteiger partial charge in [-0.15, -0.1) is 0 Å². The van der Waals surface area contributed by atoms with E-state index in [1.807, 2.05) is 0 Å². The van der Waals surface area contributed by atoms with Crippen LogP contribution in [0.3, 0.4) is 0 Å². The third kappa shape index (κ3) is 3.48. The van der Waals surface area contributed by atoms with Crippen molar-refractivity contribution in [2.45, 2.75) is 63.9 Å². The van der Waals surface area contributed by atoms with Crippen LogP contribution in [0.1, 0.15) is 56.2 Å². The van der Waals surface area contributed by atoms with Gasteiger partial charge in [0.25, 0.3) is 0 Å². The second-order valence-electron chi connectivity index (χ2n) is 5.91. The summed E-state index contributed by atoms with van der Waals surface area (Å²) >= 11 is 0. The van der Waals surface area contributed by atoms with E-state index in [1.165, 1.54) is 56.2 Å². The minimum absolute atomic E-state index is 0.491. The number of aryl methyl sites for hydroxylation is 1. The summed E-state index contributed by atoms with van der Waals surface area (Å²) in [6, 6.07) is 0. The summed E-state index contributed by atoms with van der Waals surface area (Å²) in [6.07, 6.45) is 13.4. The van der Waals surface area contributed by atoms with Crippen molar-refractivity contribution in [2.75, 3.05) is 18.5 Å². The molecule has 0 aromatic carbocycles. The zero-order valence-electron chi connectivity index (χ0n) is 12.2. The van der Waals surface area contributed by atoms with E-state index < -0.39 is 0 Å². The van der Waals surface area contributed by atoms with Gasteiger partial charge in [-0.05, 0) is 38.5 Å². The number of rotatable bonds is 5. The van der Waals surface area contributed by atoms with Crippen LogP contribution < -0.4 is 5.32 Å². The monoisotopic (exact) mass is 275 g/mol. The first-order valence-corrected chi connectivity index (χ1v) is 8.12. The predicted octanol–water partition coefficient (Wildman–Crippen LogP) is 3.12. The molecule has 0 atom stereocenters. The van der Waals surface area contributed by atoms with Gasteiger partial charge < -0.3 is 10.1 Å². The Morgan fingerprint density at radius 3 is 2.80 bits per heavy atom. The average molecular weight is 275 g/mol. The van der Waals surface area contributed by atoms with Crippen LogP contribution in [0.2, 0.25) is 0 Å². The molecule has 0 saturated heterocycles. The molecule has 1 heterocycles. The molecule has 4 heteroatoms. The number of hydrogen-bond donors (Lipinski definition) is 1. The van der Waals surface area contributed by atoms with E-state index in [-0.39, 0.29) is 0 Å². The van der Waals surface area contributed by atoms with Gasteiger partial charge in [0.05, 0.1) is 12.7 Å². The fraction of sp³-hybridized carbons (Fsp3) is 0.750. The molecule has 0 radical (unpaired) electrons. The maximum atomic E-state index is 5.94. The molecular formula is C16H25N3O. The molecule has 0 amide bonds. The van der Waals surface area contributed by atoms with Crippen LogP contribution in [-0.4, -0.2) is 29.2 Å². The fourth-order valence-electron chi connectivity index (χ4n) is 3.30. The standard InChI is InChI=1S/C16H25N3O/c1-2-6-13(7-3-1)20-11-10-17-16-14-8-4-5-9-15(14)18-12-19-16/h12-13H,1-11H2,(H,17,18,19). The number of anilines is 1. The normalized spacial score (nSPS) is 19.6. The average Bonchev–Trinajstić information content (AvgIpc) is 2.53. The first kappa shape index (κ1) is 13.8. The Morgan fingerprint density at radius 1 is 1.05 bits per heavy atom. The van der Waals surface area contributed by atoms with Gasteiger partial charge in [-0.25, -0.2) is 9.97 Å². The molecule has 0 aliphatic heterocycles. The number of nitrogens with one attached hydrogen (secondary N) is 1. The largest absolute Gasteiger partial charge is 0.376 e. The maximum Gasteiger partial charge on any atom is 0.132 e. The van der Waals surface area contributed by atoms with Crippen LogP contribution in [0, 0.1) is 0 Å². The molecule has 1 N–H and O–H groups in total. The second kappa shape index (κ2) is 7.02. The Bertz CT molecular complexity index is 430. The molecule has 20 heavy (non-hydrogen) atoms. The molecule has 2 aliphatic rings. The Hall–Kier alpha value is -1.16. The van der Waals surface area contributed by atoms with Crippen molar-refractivity contribution < 1.29 is 4.74 Å². The molecule has 110 valence electrons. The van der Waals surface area contributed by atoms with Crippen LogP contribution >= 0.6 is 0 Å². The van der Waals surface area contributed by atoms with E-state index in [4.69, 9.17) is 4.74 Å². The van der Waals surface area contributed by atoms with Crippen LogP contribution in [0.25, 0.3) is 0 Å². The number of nitrogens with zero attached hydrogens (tertiary/aromatic N) is 2. The van der Waals surface area contributed by atoms with Gasteiger partial charge in [-0.1, -0.05) is 19.3 Å². The highest BCUT2D eigenvalue weighted by atomic mass is 16.5. The summed E-state index contributed by atoms with van der Waals surface area (Å²) in [6.45, 7) is 1.63. The summed E-state index contributed by atoms with van der Waals surface area (Å²) in [5.41, 5.74) is 2.57. The van der Waals surface area contributed by atoms with E-state index in [0.29, 0.717) is 6.10 Å². The van der Waals surface area contributed by atoms with Crippen LogP contribution in [0.15, 0.2) is 6.33 Å². The number of aromatic nitrogens is 2. The summed E-state index contributed by atoms with van der Waals surface area (Å²) in [5, 5.41) is 3.44. The summed E-state index contributed by atoms with van der Waals surface area (Å²) < 4.78 is 5.94. The van der Waals surface area contributed by atoms with Crippen molar-refractivity contribution in [3.8, 4) is 0 Å². The Labute approximate surface area is 121 Å². The molecule has 1 fully saturated rings. The highest BCUT2D eigenvalue weighted by Crippen LogP contribution is 2.24. The minimum atomic E-state index is 0.491. The van der Waals surface area contributed by atoms with Gasteiger partial charge in [0, 0.05) is 17.8 Å². The van der Waals surface area contributed by atoms with Crippen LogP contribution in [-0.2, 0) is 17.6 Å². The molecule has 0 unspecified atom stereocenters. The lowest BCUT2D eigenvalue weighted by Gasteiger charge is -2.22. The van der Waals surface area contributed by atoms with E-state index in [1.54, 1.807) is 6.33 Å². The number of ether oxygens (including phenoxy) is 1. The third-order valence-corrected chi connectivity index (χ3v) is 4.43.